The summed E-state index contributed by atoms with van der Waals surface area (Å²) in [4.78, 5) is 11.8. The predicted octanol–water partition coefficient (Wildman–Crippen LogP) is 3.83. The zero-order valence-electron chi connectivity index (χ0n) is 12.5. The third kappa shape index (κ3) is 3.95. The van der Waals surface area contributed by atoms with E-state index < -0.39 is 5.97 Å². The van der Waals surface area contributed by atoms with E-state index in [-0.39, 0.29) is 5.82 Å². The van der Waals surface area contributed by atoms with Gasteiger partial charge in [-0.05, 0) is 47.9 Å². The topological polar surface area (TPSA) is 35.5 Å². The Kier molecular flexibility index (Phi) is 5.31. The van der Waals surface area contributed by atoms with Gasteiger partial charge >= 0.3 is 5.97 Å². The Hall–Kier alpha value is -2.62. The summed E-state index contributed by atoms with van der Waals surface area (Å²) >= 11 is 0. The fourth-order valence-corrected chi connectivity index (χ4v) is 2.04. The summed E-state index contributed by atoms with van der Waals surface area (Å²) in [5, 5.41) is 0. The number of halogens is 1. The molecule has 0 atom stereocenters. The van der Waals surface area contributed by atoms with Crippen LogP contribution in [0.5, 0.6) is 5.75 Å². The zero-order chi connectivity index (χ0) is 15.9. The highest BCUT2D eigenvalue weighted by Crippen LogP contribution is 2.25. The first-order chi connectivity index (χ1) is 10.6. The molecule has 114 valence electrons. The van der Waals surface area contributed by atoms with E-state index in [0.717, 1.165) is 16.9 Å². The van der Waals surface area contributed by atoms with Gasteiger partial charge in [0.05, 0.1) is 13.7 Å². The van der Waals surface area contributed by atoms with Crippen LogP contribution in [0.3, 0.4) is 0 Å². The number of rotatable bonds is 5. The van der Waals surface area contributed by atoms with Crippen molar-refractivity contribution in [1.29, 1.82) is 0 Å². The maximum atomic E-state index is 13.1. The van der Waals surface area contributed by atoms with Crippen LogP contribution in [-0.4, -0.2) is 19.7 Å². The minimum Gasteiger partial charge on any atom is -0.497 e. The fourth-order valence-electron chi connectivity index (χ4n) is 2.04. The van der Waals surface area contributed by atoms with Crippen molar-refractivity contribution in [3.8, 4) is 5.75 Å². The summed E-state index contributed by atoms with van der Waals surface area (Å²) in [6.45, 7) is 2.05. The SMILES string of the molecule is CCOC(=O)/C=C(\c1ccc(F)cc1)c1ccc(OC)cc1. The third-order valence-electron chi connectivity index (χ3n) is 3.11. The maximum absolute atomic E-state index is 13.1. The minimum absolute atomic E-state index is 0.300. The van der Waals surface area contributed by atoms with Gasteiger partial charge < -0.3 is 9.47 Å². The Bertz CT molecular complexity index is 658. The molecular weight excluding hydrogens is 283 g/mol. The molecule has 0 aromatic heterocycles. The molecule has 0 aliphatic rings. The molecule has 0 saturated carbocycles. The molecule has 0 spiro atoms. The second-order valence-electron chi connectivity index (χ2n) is 4.55. The average molecular weight is 300 g/mol. The minimum atomic E-state index is -0.433. The van der Waals surface area contributed by atoms with Crippen LogP contribution in [0.15, 0.2) is 54.6 Å². The zero-order valence-corrected chi connectivity index (χ0v) is 12.5. The van der Waals surface area contributed by atoms with Crippen LogP contribution in [0.25, 0.3) is 5.57 Å². The molecular formula is C18H17FO3. The molecule has 0 fully saturated rings. The number of carbonyl (C=O) groups excluding carboxylic acids is 1. The average Bonchev–Trinajstić information content (AvgIpc) is 2.54. The Morgan fingerprint density at radius 2 is 1.59 bits per heavy atom. The van der Waals surface area contributed by atoms with Crippen LogP contribution in [-0.2, 0) is 9.53 Å². The van der Waals surface area contributed by atoms with Crippen molar-refractivity contribution in [3.63, 3.8) is 0 Å². The van der Waals surface area contributed by atoms with Gasteiger partial charge in [0.2, 0.25) is 0 Å². The molecule has 2 rings (SSSR count). The van der Waals surface area contributed by atoms with Crippen LogP contribution >= 0.6 is 0 Å². The Balaban J connectivity index is 2.44. The molecule has 0 heterocycles. The van der Waals surface area contributed by atoms with Crippen molar-refractivity contribution in [1.82, 2.24) is 0 Å². The lowest BCUT2D eigenvalue weighted by Gasteiger charge is -2.09. The maximum Gasteiger partial charge on any atom is 0.331 e. The summed E-state index contributed by atoms with van der Waals surface area (Å²) in [6.07, 6.45) is 1.42. The molecule has 2 aromatic rings. The van der Waals surface area contributed by atoms with Gasteiger partial charge in [0, 0.05) is 6.08 Å². The Morgan fingerprint density at radius 3 is 2.09 bits per heavy atom. The highest BCUT2D eigenvalue weighted by molar-refractivity contribution is 5.96. The van der Waals surface area contributed by atoms with E-state index in [4.69, 9.17) is 9.47 Å². The Morgan fingerprint density at radius 1 is 1.05 bits per heavy atom. The largest absolute Gasteiger partial charge is 0.497 e. The summed E-state index contributed by atoms with van der Waals surface area (Å²) in [6, 6.07) is 13.3. The number of benzene rings is 2. The predicted molar refractivity (Wildman–Crippen MR) is 83.1 cm³/mol. The van der Waals surface area contributed by atoms with E-state index in [1.54, 1.807) is 38.3 Å². The van der Waals surface area contributed by atoms with Gasteiger partial charge in [0.25, 0.3) is 0 Å². The van der Waals surface area contributed by atoms with Gasteiger partial charge in [0.1, 0.15) is 11.6 Å². The smallest absolute Gasteiger partial charge is 0.331 e. The molecule has 0 aliphatic heterocycles. The van der Waals surface area contributed by atoms with Crippen molar-refractivity contribution < 1.29 is 18.7 Å². The van der Waals surface area contributed by atoms with Crippen LogP contribution in [0.4, 0.5) is 4.39 Å². The van der Waals surface area contributed by atoms with E-state index in [1.807, 2.05) is 12.1 Å². The number of ether oxygens (including phenoxy) is 2. The molecule has 0 aliphatic carbocycles. The van der Waals surface area contributed by atoms with Crippen LogP contribution in [0, 0.1) is 5.82 Å². The van der Waals surface area contributed by atoms with E-state index in [2.05, 4.69) is 0 Å². The van der Waals surface area contributed by atoms with Gasteiger partial charge in [-0.3, -0.25) is 0 Å². The highest BCUT2D eigenvalue weighted by Gasteiger charge is 2.09. The monoisotopic (exact) mass is 300 g/mol. The molecule has 0 unspecified atom stereocenters. The standard InChI is InChI=1S/C18H17FO3/c1-3-22-18(20)12-17(13-4-8-15(19)9-5-13)14-6-10-16(21-2)11-7-14/h4-12H,3H2,1-2H3/b17-12+. The summed E-state index contributed by atoms with van der Waals surface area (Å²) in [5.74, 6) is -0.0371. The Labute approximate surface area is 129 Å². The normalized spacial score (nSPS) is 11.1. The van der Waals surface area contributed by atoms with E-state index >= 15 is 0 Å². The first-order valence-corrected chi connectivity index (χ1v) is 6.93. The molecule has 0 amide bonds. The van der Waals surface area contributed by atoms with E-state index in [0.29, 0.717) is 12.2 Å². The van der Waals surface area contributed by atoms with Gasteiger partial charge in [-0.1, -0.05) is 24.3 Å². The lowest BCUT2D eigenvalue weighted by molar-refractivity contribution is -0.137. The second-order valence-corrected chi connectivity index (χ2v) is 4.55. The molecule has 0 bridgehead atoms. The van der Waals surface area contributed by atoms with Crippen molar-refractivity contribution in [2.24, 2.45) is 0 Å². The van der Waals surface area contributed by atoms with Gasteiger partial charge in [-0.25, -0.2) is 9.18 Å². The second kappa shape index (κ2) is 7.41. The van der Waals surface area contributed by atoms with Gasteiger partial charge in [-0.2, -0.15) is 0 Å². The summed E-state index contributed by atoms with van der Waals surface area (Å²) in [5.41, 5.74) is 2.22. The lowest BCUT2D eigenvalue weighted by Crippen LogP contribution is -2.02. The highest BCUT2D eigenvalue weighted by atomic mass is 19.1. The van der Waals surface area contributed by atoms with Crippen molar-refractivity contribution in [2.75, 3.05) is 13.7 Å². The van der Waals surface area contributed by atoms with Crippen LogP contribution < -0.4 is 4.74 Å². The molecule has 22 heavy (non-hydrogen) atoms. The number of esters is 1. The van der Waals surface area contributed by atoms with Crippen LogP contribution in [0.1, 0.15) is 18.1 Å². The van der Waals surface area contributed by atoms with Crippen molar-refractivity contribution in [3.05, 3.63) is 71.6 Å². The first kappa shape index (κ1) is 15.8. The van der Waals surface area contributed by atoms with Crippen molar-refractivity contribution in [2.45, 2.75) is 6.92 Å². The molecule has 0 radical (unpaired) electrons. The molecule has 3 nitrogen and oxygen atoms in total. The van der Waals surface area contributed by atoms with E-state index in [9.17, 15) is 9.18 Å². The quantitative estimate of drug-likeness (QED) is 0.622. The fraction of sp³-hybridized carbons (Fsp3) is 0.167. The number of hydrogen-bond donors (Lipinski definition) is 0. The first-order valence-electron chi connectivity index (χ1n) is 6.93. The number of carbonyl (C=O) groups is 1. The summed E-state index contributed by atoms with van der Waals surface area (Å²) < 4.78 is 23.2. The molecule has 0 N–H and O–H groups in total. The van der Waals surface area contributed by atoms with Crippen LogP contribution in [0.2, 0.25) is 0 Å². The molecule has 0 saturated heterocycles. The molecule has 4 heteroatoms. The van der Waals surface area contributed by atoms with Gasteiger partial charge in [0.15, 0.2) is 0 Å². The van der Waals surface area contributed by atoms with Crippen molar-refractivity contribution >= 4 is 11.5 Å². The van der Waals surface area contributed by atoms with Gasteiger partial charge in [-0.15, -0.1) is 0 Å². The number of methoxy groups -OCH3 is 1. The third-order valence-corrected chi connectivity index (χ3v) is 3.11. The lowest BCUT2D eigenvalue weighted by atomic mass is 9.97. The molecule has 2 aromatic carbocycles. The summed E-state index contributed by atoms with van der Waals surface area (Å²) in [7, 11) is 1.59. The van der Waals surface area contributed by atoms with E-state index in [1.165, 1.54) is 18.2 Å². The number of hydrogen-bond acceptors (Lipinski definition) is 3.